The van der Waals surface area contributed by atoms with Crippen molar-refractivity contribution < 1.29 is 14.7 Å². The Morgan fingerprint density at radius 3 is 2.78 bits per heavy atom. The van der Waals surface area contributed by atoms with E-state index in [1.165, 1.54) is 29.6 Å². The van der Waals surface area contributed by atoms with Gasteiger partial charge in [-0.2, -0.15) is 0 Å². The molecule has 5 nitrogen and oxygen atoms in total. The first-order chi connectivity index (χ1) is 8.65. The number of amides is 1. The van der Waals surface area contributed by atoms with Gasteiger partial charge < -0.3 is 10.4 Å². The topological polar surface area (TPSA) is 79.3 Å². The molecule has 98 valence electrons. The van der Waals surface area contributed by atoms with Gasteiger partial charge in [0.15, 0.2) is 5.69 Å². The van der Waals surface area contributed by atoms with Crippen LogP contribution < -0.4 is 5.32 Å². The van der Waals surface area contributed by atoms with Gasteiger partial charge in [-0.15, -0.1) is 11.3 Å². The molecule has 2 N–H and O–H groups in total. The molecule has 0 aromatic carbocycles. The smallest absolute Gasteiger partial charge is 0.355 e. The molecule has 1 fully saturated rings. The van der Waals surface area contributed by atoms with Crippen molar-refractivity contribution in [3.63, 3.8) is 0 Å². The predicted molar refractivity (Wildman–Crippen MR) is 67.5 cm³/mol. The minimum atomic E-state index is -1.03. The Morgan fingerprint density at radius 1 is 1.44 bits per heavy atom. The molecule has 0 unspecified atom stereocenters. The number of rotatable bonds is 5. The van der Waals surface area contributed by atoms with Gasteiger partial charge in [-0.05, 0) is 18.8 Å². The second-order valence-corrected chi connectivity index (χ2v) is 5.51. The molecule has 1 aliphatic carbocycles. The van der Waals surface area contributed by atoms with Crippen LogP contribution in [0.1, 0.15) is 47.6 Å². The Morgan fingerprint density at radius 2 is 2.17 bits per heavy atom. The third-order valence-electron chi connectivity index (χ3n) is 3.16. The fraction of sp³-hybridized carbons (Fsp3) is 0.583. The van der Waals surface area contributed by atoms with Gasteiger partial charge in [0, 0.05) is 11.8 Å². The van der Waals surface area contributed by atoms with E-state index in [-0.39, 0.29) is 11.6 Å². The second-order valence-electron chi connectivity index (χ2n) is 4.56. The van der Waals surface area contributed by atoms with Crippen molar-refractivity contribution in [3.05, 3.63) is 16.1 Å². The van der Waals surface area contributed by atoms with Crippen molar-refractivity contribution in [2.45, 2.75) is 38.6 Å². The Hall–Kier alpha value is -1.43. The van der Waals surface area contributed by atoms with Crippen molar-refractivity contribution in [3.8, 4) is 0 Å². The van der Waals surface area contributed by atoms with Gasteiger partial charge in [-0.25, -0.2) is 9.78 Å². The monoisotopic (exact) mass is 268 g/mol. The largest absolute Gasteiger partial charge is 0.476 e. The first-order valence-corrected chi connectivity index (χ1v) is 6.97. The molecule has 0 saturated heterocycles. The first-order valence-electron chi connectivity index (χ1n) is 6.09. The van der Waals surface area contributed by atoms with Crippen LogP contribution in [0.3, 0.4) is 0 Å². The highest BCUT2D eigenvalue weighted by Gasteiger charge is 2.18. The van der Waals surface area contributed by atoms with Crippen LogP contribution in [0.5, 0.6) is 0 Å². The summed E-state index contributed by atoms with van der Waals surface area (Å²) in [6.45, 7) is 0.323. The van der Waals surface area contributed by atoms with E-state index in [1.54, 1.807) is 0 Å². The van der Waals surface area contributed by atoms with E-state index >= 15 is 0 Å². The second kappa shape index (κ2) is 5.95. The zero-order valence-corrected chi connectivity index (χ0v) is 10.8. The molecule has 1 heterocycles. The van der Waals surface area contributed by atoms with Gasteiger partial charge in [0.2, 0.25) is 5.91 Å². The standard InChI is InChI=1S/C12H16N2O3S/c15-10(5-8-3-1-2-4-8)13-6-11-14-9(7-18-11)12(16)17/h7-8H,1-6H2,(H,13,15)(H,16,17). The van der Waals surface area contributed by atoms with Gasteiger partial charge in [-0.3, -0.25) is 4.79 Å². The molecule has 0 radical (unpaired) electrons. The molecule has 2 rings (SSSR count). The lowest BCUT2D eigenvalue weighted by atomic mass is 10.0. The average Bonchev–Trinajstić information content (AvgIpc) is 2.96. The average molecular weight is 268 g/mol. The number of thiazole rings is 1. The summed E-state index contributed by atoms with van der Waals surface area (Å²) in [5.74, 6) is -0.473. The zero-order valence-electron chi connectivity index (χ0n) is 10.0. The summed E-state index contributed by atoms with van der Waals surface area (Å²) in [4.78, 5) is 26.2. The van der Waals surface area contributed by atoms with Gasteiger partial charge in [0.1, 0.15) is 5.01 Å². The van der Waals surface area contributed by atoms with Crippen molar-refractivity contribution in [2.24, 2.45) is 5.92 Å². The Bertz CT molecular complexity index is 438. The molecule has 0 bridgehead atoms. The zero-order chi connectivity index (χ0) is 13.0. The van der Waals surface area contributed by atoms with Crippen LogP contribution in [0, 0.1) is 5.92 Å². The number of carboxylic acid groups (broad SMARTS) is 1. The molecule has 1 aromatic rings. The molecule has 6 heteroatoms. The number of carbonyl (C=O) groups is 2. The van der Waals surface area contributed by atoms with Gasteiger partial charge in [0.25, 0.3) is 0 Å². The van der Waals surface area contributed by atoms with E-state index in [0.717, 1.165) is 12.8 Å². The van der Waals surface area contributed by atoms with Crippen LogP contribution in [0.2, 0.25) is 0 Å². The summed E-state index contributed by atoms with van der Waals surface area (Å²) in [5, 5.41) is 13.6. The van der Waals surface area contributed by atoms with E-state index in [4.69, 9.17) is 5.11 Å². The Labute approximate surface area is 109 Å². The highest BCUT2D eigenvalue weighted by Crippen LogP contribution is 2.27. The fourth-order valence-corrected chi connectivity index (χ4v) is 2.92. The number of carbonyl (C=O) groups excluding carboxylic acids is 1. The van der Waals surface area contributed by atoms with Crippen molar-refractivity contribution in [1.29, 1.82) is 0 Å². The maximum atomic E-state index is 11.7. The number of carboxylic acids is 1. The Kier molecular flexibility index (Phi) is 4.30. The number of nitrogens with zero attached hydrogens (tertiary/aromatic N) is 1. The number of hydrogen-bond acceptors (Lipinski definition) is 4. The van der Waals surface area contributed by atoms with Crippen molar-refractivity contribution in [2.75, 3.05) is 0 Å². The van der Waals surface area contributed by atoms with Gasteiger partial charge in [-0.1, -0.05) is 12.8 Å². The minimum absolute atomic E-state index is 0.0361. The summed E-state index contributed by atoms with van der Waals surface area (Å²) in [6, 6.07) is 0. The highest BCUT2D eigenvalue weighted by molar-refractivity contribution is 7.09. The van der Waals surface area contributed by atoms with Gasteiger partial charge in [0.05, 0.1) is 6.54 Å². The fourth-order valence-electron chi connectivity index (χ4n) is 2.21. The molecule has 1 aliphatic rings. The lowest BCUT2D eigenvalue weighted by Crippen LogP contribution is -2.24. The van der Waals surface area contributed by atoms with Gasteiger partial charge >= 0.3 is 5.97 Å². The highest BCUT2D eigenvalue weighted by atomic mass is 32.1. The van der Waals surface area contributed by atoms with Crippen molar-refractivity contribution >= 4 is 23.2 Å². The van der Waals surface area contributed by atoms with E-state index in [2.05, 4.69) is 10.3 Å². The molecular weight excluding hydrogens is 252 g/mol. The van der Waals surface area contributed by atoms with Crippen LogP contribution in [0.15, 0.2) is 5.38 Å². The summed E-state index contributed by atoms with van der Waals surface area (Å²) >= 11 is 1.26. The van der Waals surface area contributed by atoms with Crippen LogP contribution >= 0.6 is 11.3 Å². The third-order valence-corrected chi connectivity index (χ3v) is 4.01. The lowest BCUT2D eigenvalue weighted by molar-refractivity contribution is -0.122. The number of nitrogens with one attached hydrogen (secondary N) is 1. The first kappa shape index (κ1) is 13.0. The number of aromatic nitrogens is 1. The molecule has 1 saturated carbocycles. The third kappa shape index (κ3) is 3.53. The minimum Gasteiger partial charge on any atom is -0.476 e. The van der Waals surface area contributed by atoms with Crippen LogP contribution in [-0.2, 0) is 11.3 Å². The quantitative estimate of drug-likeness (QED) is 0.856. The van der Waals surface area contributed by atoms with Crippen LogP contribution in [-0.4, -0.2) is 22.0 Å². The normalized spacial score (nSPS) is 15.8. The van der Waals surface area contributed by atoms with Crippen LogP contribution in [0.4, 0.5) is 0 Å². The molecule has 18 heavy (non-hydrogen) atoms. The maximum Gasteiger partial charge on any atom is 0.355 e. The molecule has 1 amide bonds. The summed E-state index contributed by atoms with van der Waals surface area (Å²) in [7, 11) is 0. The molecule has 0 atom stereocenters. The van der Waals surface area contributed by atoms with Crippen molar-refractivity contribution in [1.82, 2.24) is 10.3 Å². The number of hydrogen-bond donors (Lipinski definition) is 2. The molecular formula is C12H16N2O3S. The summed E-state index contributed by atoms with van der Waals surface area (Å²) < 4.78 is 0. The van der Waals surface area contributed by atoms with Crippen LogP contribution in [0.25, 0.3) is 0 Å². The Balaban J connectivity index is 1.76. The summed E-state index contributed by atoms with van der Waals surface area (Å²) in [5.41, 5.74) is 0.0417. The van der Waals surface area contributed by atoms with E-state index in [0.29, 0.717) is 23.9 Å². The molecule has 0 spiro atoms. The predicted octanol–water partition coefficient (Wildman–Crippen LogP) is 2.04. The molecule has 1 aromatic heterocycles. The molecule has 0 aliphatic heterocycles. The summed E-state index contributed by atoms with van der Waals surface area (Å²) in [6.07, 6.45) is 5.33. The lowest BCUT2D eigenvalue weighted by Gasteiger charge is -2.08. The number of aromatic carboxylic acids is 1. The van der Waals surface area contributed by atoms with E-state index < -0.39 is 5.97 Å². The SMILES string of the molecule is O=C(CC1CCCC1)NCc1nc(C(=O)O)cs1. The van der Waals surface area contributed by atoms with E-state index in [9.17, 15) is 9.59 Å². The maximum absolute atomic E-state index is 11.7. The van der Waals surface area contributed by atoms with E-state index in [1.807, 2.05) is 0 Å².